The Morgan fingerprint density at radius 3 is 1.78 bits per heavy atom. The first-order valence-electron chi connectivity index (χ1n) is 8.05. The van der Waals surface area contributed by atoms with Crippen LogP contribution in [0.5, 0.6) is 0 Å². The van der Waals surface area contributed by atoms with Gasteiger partial charge in [0.2, 0.25) is 0 Å². The normalized spacial score (nSPS) is 15.9. The molecule has 0 saturated carbocycles. The first-order valence-corrected chi connectivity index (χ1v) is 10.5. The van der Waals surface area contributed by atoms with Crippen molar-refractivity contribution in [2.24, 2.45) is 0 Å². The molecule has 2 atom stereocenters. The predicted octanol–water partition coefficient (Wildman–Crippen LogP) is 5.12. The van der Waals surface area contributed by atoms with Crippen LogP contribution in [0.25, 0.3) is 0 Å². The fraction of sp³-hybridized carbons (Fsp3) is 0.600. The van der Waals surface area contributed by atoms with Crippen LogP contribution in [0.4, 0.5) is 0 Å². The summed E-state index contributed by atoms with van der Waals surface area (Å²) in [6.45, 7) is 6.34. The van der Waals surface area contributed by atoms with E-state index in [9.17, 15) is 9.13 Å². The largest absolute Gasteiger partial charge is 0.481 e. The molecule has 0 aromatic heterocycles. The third-order valence-electron chi connectivity index (χ3n) is 2.88. The fourth-order valence-electron chi connectivity index (χ4n) is 1.70. The third kappa shape index (κ3) is 23.3. The Bertz CT molecular complexity index is 617. The smallest absolute Gasteiger partial charge is 0.344 e. The van der Waals surface area contributed by atoms with E-state index in [1.807, 2.05) is 0 Å². The highest BCUT2D eigenvalue weighted by atomic mass is 31.3. The van der Waals surface area contributed by atoms with Crippen molar-refractivity contribution in [1.82, 2.24) is 18.5 Å². The van der Waals surface area contributed by atoms with Crippen LogP contribution >= 0.6 is 15.6 Å². The molecule has 0 heterocycles. The zero-order chi connectivity index (χ0) is 19.7. The van der Waals surface area contributed by atoms with Gasteiger partial charge in [0.15, 0.2) is 0 Å². The highest BCUT2D eigenvalue weighted by Gasteiger charge is 2.31. The van der Waals surface area contributed by atoms with Gasteiger partial charge in [0.25, 0.3) is 0 Å². The second kappa shape index (κ2) is 16.3. The standard InChI is InChI=1S/C15H28O7P2.3H3N/c1-13(2)7-5-8-14(3)9-6-10-15(4)11-12-21-24(19,20)22-23(16,17)18;;;/h7,9,11H,5-6,8,10,12H2,1-4H3,(H,19,20)(H2,16,17,18);3*1H3/i12T;;;. The molecule has 0 spiro atoms. The van der Waals surface area contributed by atoms with E-state index in [0.29, 0.717) is 6.42 Å². The molecule has 10 nitrogen and oxygen atoms in total. The van der Waals surface area contributed by atoms with Gasteiger partial charge in [0.05, 0.1) is 7.95 Å². The number of phosphoric ester groups is 1. The number of hydrogen-bond donors (Lipinski definition) is 6. The minimum Gasteiger partial charge on any atom is -0.344 e. The molecule has 27 heavy (non-hydrogen) atoms. The van der Waals surface area contributed by atoms with Gasteiger partial charge in [0.1, 0.15) is 0 Å². The van der Waals surface area contributed by atoms with Crippen LogP contribution in [0.15, 0.2) is 34.9 Å². The summed E-state index contributed by atoms with van der Waals surface area (Å²) in [6.07, 6.45) is 8.93. The Morgan fingerprint density at radius 2 is 1.33 bits per heavy atom. The molecule has 0 fully saturated rings. The van der Waals surface area contributed by atoms with E-state index in [1.165, 1.54) is 17.2 Å². The summed E-state index contributed by atoms with van der Waals surface area (Å²) in [6, 6.07) is 0. The zero-order valence-electron chi connectivity index (χ0n) is 17.6. The summed E-state index contributed by atoms with van der Waals surface area (Å²) in [5.74, 6) is 0. The first kappa shape index (κ1) is 31.1. The minimum absolute atomic E-state index is 0. The lowest BCUT2D eigenvalue weighted by Crippen LogP contribution is -1.94. The van der Waals surface area contributed by atoms with Gasteiger partial charge in [-0.2, -0.15) is 4.31 Å². The summed E-state index contributed by atoms with van der Waals surface area (Å²) in [5, 5.41) is 0. The second-order valence-electron chi connectivity index (χ2n) is 5.70. The van der Waals surface area contributed by atoms with Crippen molar-refractivity contribution in [3.05, 3.63) is 34.9 Å². The molecule has 164 valence electrons. The van der Waals surface area contributed by atoms with E-state index in [-0.39, 0.29) is 18.5 Å². The van der Waals surface area contributed by atoms with Crippen molar-refractivity contribution in [3.63, 3.8) is 0 Å². The Kier molecular flexibility index (Phi) is 18.8. The number of rotatable bonds is 11. The number of hydrogen-bond acceptors (Lipinski definition) is 7. The van der Waals surface area contributed by atoms with Crippen LogP contribution < -0.4 is 18.5 Å². The Balaban J connectivity index is -0.000000960. The van der Waals surface area contributed by atoms with Gasteiger partial charge in [-0.25, -0.2) is 9.13 Å². The van der Waals surface area contributed by atoms with Gasteiger partial charge in [-0.1, -0.05) is 34.9 Å². The Hall–Kier alpha value is -0.640. The molecule has 0 bridgehead atoms. The van der Waals surface area contributed by atoms with Crippen molar-refractivity contribution < 1.29 is 34.0 Å². The van der Waals surface area contributed by atoms with E-state index >= 15 is 0 Å². The fourth-order valence-corrected chi connectivity index (χ4v) is 3.14. The zero-order valence-corrected chi connectivity index (χ0v) is 18.4. The van der Waals surface area contributed by atoms with Gasteiger partial charge in [-0.05, 0) is 53.4 Å². The van der Waals surface area contributed by atoms with Crippen molar-refractivity contribution in [2.45, 2.75) is 53.4 Å². The maximum atomic E-state index is 11.3. The molecule has 0 aromatic rings. The third-order valence-corrected chi connectivity index (χ3v) is 4.94. The molecule has 0 aliphatic heterocycles. The van der Waals surface area contributed by atoms with Crippen LogP contribution in [0.1, 0.15) is 54.7 Å². The van der Waals surface area contributed by atoms with Crippen LogP contribution in [-0.4, -0.2) is 21.3 Å². The monoisotopic (exact) mass is 435 g/mol. The summed E-state index contributed by atoms with van der Waals surface area (Å²) < 4.78 is 37.4. The van der Waals surface area contributed by atoms with Gasteiger partial charge >= 0.3 is 15.6 Å². The Labute approximate surface area is 163 Å². The lowest BCUT2D eigenvalue weighted by atomic mass is 10.1. The number of phosphoric acid groups is 2. The average Bonchev–Trinajstić information content (AvgIpc) is 2.33. The van der Waals surface area contributed by atoms with Crippen molar-refractivity contribution in [3.8, 4) is 0 Å². The van der Waals surface area contributed by atoms with Crippen molar-refractivity contribution in [1.29, 1.82) is 0 Å². The van der Waals surface area contributed by atoms with E-state index in [0.717, 1.165) is 24.8 Å². The van der Waals surface area contributed by atoms with Crippen LogP contribution in [0.2, 0.25) is 0 Å². The molecule has 0 aliphatic carbocycles. The summed E-state index contributed by atoms with van der Waals surface area (Å²) >= 11 is 0. The highest BCUT2D eigenvalue weighted by Crippen LogP contribution is 2.57. The molecular formula is C15H37N3O7P2. The van der Waals surface area contributed by atoms with Gasteiger partial charge in [-0.15, -0.1) is 0 Å². The van der Waals surface area contributed by atoms with Crippen LogP contribution in [0.3, 0.4) is 0 Å². The van der Waals surface area contributed by atoms with E-state index in [1.54, 1.807) is 6.92 Å². The highest BCUT2D eigenvalue weighted by molar-refractivity contribution is 7.60. The summed E-state index contributed by atoms with van der Waals surface area (Å²) in [5.41, 5.74) is 3.31. The molecular weight excluding hydrogens is 396 g/mol. The molecule has 0 radical (unpaired) electrons. The molecule has 0 aliphatic rings. The van der Waals surface area contributed by atoms with Gasteiger partial charge in [-0.3, -0.25) is 4.52 Å². The van der Waals surface area contributed by atoms with E-state index in [2.05, 4.69) is 41.8 Å². The minimum atomic E-state index is -5.18. The molecule has 12 N–H and O–H groups in total. The predicted molar refractivity (Wildman–Crippen MR) is 109 cm³/mol. The summed E-state index contributed by atoms with van der Waals surface area (Å²) in [4.78, 5) is 26.2. The van der Waals surface area contributed by atoms with Crippen molar-refractivity contribution >= 4 is 15.6 Å². The molecule has 0 aromatic carbocycles. The topological polar surface area (TPSA) is 218 Å². The molecule has 0 rings (SSSR count). The Morgan fingerprint density at radius 1 is 0.889 bits per heavy atom. The summed E-state index contributed by atoms with van der Waals surface area (Å²) in [7, 11) is -10.2. The van der Waals surface area contributed by atoms with Crippen LogP contribution in [-0.2, 0) is 18.0 Å². The van der Waals surface area contributed by atoms with Crippen molar-refractivity contribution in [2.75, 3.05) is 6.58 Å². The lowest BCUT2D eigenvalue weighted by molar-refractivity contribution is 0.191. The second-order valence-corrected chi connectivity index (χ2v) is 8.49. The molecule has 0 amide bonds. The van der Waals surface area contributed by atoms with Crippen LogP contribution in [0, 0.1) is 0 Å². The lowest BCUT2D eigenvalue weighted by Gasteiger charge is -2.11. The average molecular weight is 435 g/mol. The number of allylic oxidation sites excluding steroid dienone is 5. The quantitative estimate of drug-likeness (QED) is 0.186. The molecule has 2 unspecified atom stereocenters. The van der Waals surface area contributed by atoms with E-state index in [4.69, 9.17) is 16.1 Å². The SMILES string of the molecule is N.N.N.[3H]C(C=C(C)CCC=C(C)CCC=C(C)C)OP(=O)(O)OP(=O)(O)O. The maximum Gasteiger partial charge on any atom is 0.481 e. The van der Waals surface area contributed by atoms with E-state index < -0.39 is 22.2 Å². The van der Waals surface area contributed by atoms with Gasteiger partial charge in [0, 0.05) is 0 Å². The first-order chi connectivity index (χ1) is 11.3. The van der Waals surface area contributed by atoms with Gasteiger partial charge < -0.3 is 33.1 Å². The molecule has 0 saturated heterocycles. The maximum absolute atomic E-state index is 11.3. The molecule has 12 heteroatoms.